The Balaban J connectivity index is 1.05. The van der Waals surface area contributed by atoms with E-state index in [-0.39, 0.29) is 75.1 Å². The van der Waals surface area contributed by atoms with Crippen molar-refractivity contribution in [1.82, 2.24) is 30.3 Å². The van der Waals surface area contributed by atoms with Gasteiger partial charge in [0.1, 0.15) is 17.9 Å². The predicted octanol–water partition coefficient (Wildman–Crippen LogP) is 0.994. The zero-order chi connectivity index (χ0) is 46.1. The highest BCUT2D eigenvalue weighted by molar-refractivity contribution is 6.13. The number of fused-ring (bicyclic) bond motifs is 2. The second kappa shape index (κ2) is 20.6. The molecule has 2 aromatic rings. The fourth-order valence-corrected chi connectivity index (χ4v) is 8.12. The van der Waals surface area contributed by atoms with Gasteiger partial charge in [0.15, 0.2) is 0 Å². The summed E-state index contributed by atoms with van der Waals surface area (Å²) in [6.07, 6.45) is 9.37. The molecule has 0 bridgehead atoms. The van der Waals surface area contributed by atoms with E-state index in [9.17, 15) is 43.5 Å². The number of aromatic nitrogens is 1. The van der Waals surface area contributed by atoms with E-state index in [1.807, 2.05) is 25.1 Å². The number of amidine groups is 1. The van der Waals surface area contributed by atoms with E-state index in [1.54, 1.807) is 23.2 Å². The van der Waals surface area contributed by atoms with Crippen molar-refractivity contribution in [1.29, 1.82) is 0 Å². The van der Waals surface area contributed by atoms with Crippen molar-refractivity contribution < 1.29 is 43.5 Å². The number of carbonyl (C=O) groups is 8. The number of aliphatic imine (C=N–C) groups is 1. The Morgan fingerprint density at radius 1 is 1.00 bits per heavy atom. The van der Waals surface area contributed by atoms with E-state index in [1.165, 1.54) is 24.0 Å². The van der Waals surface area contributed by atoms with Gasteiger partial charge in [0.25, 0.3) is 11.8 Å². The molecule has 4 heterocycles. The summed E-state index contributed by atoms with van der Waals surface area (Å²) in [5, 5.41) is 17.7. The number of pyridine rings is 1. The van der Waals surface area contributed by atoms with Gasteiger partial charge < -0.3 is 42.3 Å². The van der Waals surface area contributed by atoms with E-state index < -0.39 is 47.5 Å². The van der Waals surface area contributed by atoms with Crippen LogP contribution in [0.4, 0.5) is 11.4 Å². The molecule has 0 saturated heterocycles. The number of nitrogens with zero attached hydrogens (tertiary/aromatic N) is 5. The summed E-state index contributed by atoms with van der Waals surface area (Å²) < 4.78 is 0. The van der Waals surface area contributed by atoms with E-state index in [0.29, 0.717) is 73.1 Å². The van der Waals surface area contributed by atoms with Gasteiger partial charge >= 0.3 is 0 Å². The average molecular weight is 881 g/mol. The largest absolute Gasteiger partial charge is 0.395 e. The first-order valence-electron chi connectivity index (χ1n) is 21.7. The number of primary amides is 1. The van der Waals surface area contributed by atoms with Crippen LogP contribution in [0.2, 0.25) is 0 Å². The quantitative estimate of drug-likeness (QED) is 0.0806. The lowest BCUT2D eigenvalue weighted by molar-refractivity contribution is -0.139. The molecule has 19 nitrogen and oxygen atoms in total. The van der Waals surface area contributed by atoms with E-state index >= 15 is 0 Å². The summed E-state index contributed by atoms with van der Waals surface area (Å²) in [7, 11) is 0. The van der Waals surface area contributed by atoms with Gasteiger partial charge in [-0.1, -0.05) is 25.5 Å². The van der Waals surface area contributed by atoms with Crippen LogP contribution in [0.1, 0.15) is 94.0 Å². The van der Waals surface area contributed by atoms with Crippen molar-refractivity contribution in [3.8, 4) is 0 Å². The molecule has 0 radical (unpaired) electrons. The number of aliphatic hydroxyl groups is 1. The first-order chi connectivity index (χ1) is 30.6. The van der Waals surface area contributed by atoms with Crippen LogP contribution in [-0.2, 0) is 56.7 Å². The van der Waals surface area contributed by atoms with Crippen molar-refractivity contribution in [3.63, 3.8) is 0 Å². The van der Waals surface area contributed by atoms with Gasteiger partial charge in [-0.25, -0.2) is 4.99 Å². The maximum absolute atomic E-state index is 14.0. The Kier molecular flexibility index (Phi) is 15.1. The Morgan fingerprint density at radius 2 is 1.75 bits per heavy atom. The molecule has 3 aliphatic heterocycles. The molecule has 0 unspecified atom stereocenters. The van der Waals surface area contributed by atoms with Crippen LogP contribution in [0.3, 0.4) is 0 Å². The molecule has 4 aliphatic rings. The number of nitrogens with one attached hydrogen (secondary N) is 3. The first-order valence-corrected chi connectivity index (χ1v) is 21.7. The molecule has 8 amide bonds. The topological polar surface area (TPSA) is 280 Å². The van der Waals surface area contributed by atoms with Gasteiger partial charge in [0, 0.05) is 81.0 Å². The molecule has 8 N–H and O–H groups in total. The van der Waals surface area contributed by atoms with E-state index in [4.69, 9.17) is 11.5 Å². The smallest absolute Gasteiger partial charge is 0.253 e. The third-order valence-electron chi connectivity index (χ3n) is 11.7. The molecule has 19 heteroatoms. The minimum Gasteiger partial charge on any atom is -0.395 e. The van der Waals surface area contributed by atoms with Gasteiger partial charge in [-0.15, -0.1) is 0 Å². The number of aliphatic hydroxyl groups excluding tert-OH is 1. The van der Waals surface area contributed by atoms with Gasteiger partial charge in [0.05, 0.1) is 36.0 Å². The van der Waals surface area contributed by atoms with Crippen molar-refractivity contribution in [3.05, 3.63) is 70.6 Å². The van der Waals surface area contributed by atoms with Crippen LogP contribution in [0.15, 0.2) is 53.2 Å². The number of amides is 8. The highest BCUT2D eigenvalue weighted by Gasteiger charge is 2.51. The molecule has 0 spiro atoms. The molecule has 1 saturated carbocycles. The number of nitrogens with two attached hydrogens (primary N) is 2. The molecule has 1 aromatic carbocycles. The summed E-state index contributed by atoms with van der Waals surface area (Å²) in [4.78, 5) is 116. The number of anilines is 1. The number of rotatable bonds is 20. The van der Waals surface area contributed by atoms with Crippen LogP contribution >= 0.6 is 0 Å². The van der Waals surface area contributed by atoms with Gasteiger partial charge in [-0.2, -0.15) is 0 Å². The van der Waals surface area contributed by atoms with Crippen molar-refractivity contribution in [2.24, 2.45) is 16.5 Å². The van der Waals surface area contributed by atoms with Crippen LogP contribution in [-0.4, -0.2) is 123 Å². The molecule has 2 atom stereocenters. The van der Waals surface area contributed by atoms with Crippen LogP contribution < -0.4 is 27.4 Å². The second-order valence-corrected chi connectivity index (χ2v) is 16.6. The van der Waals surface area contributed by atoms with Gasteiger partial charge in [-0.05, 0) is 68.4 Å². The lowest BCUT2D eigenvalue weighted by Gasteiger charge is -2.32. The zero-order valence-corrected chi connectivity index (χ0v) is 36.2. The summed E-state index contributed by atoms with van der Waals surface area (Å²) in [6.45, 7) is 4.55. The first kappa shape index (κ1) is 46.7. The van der Waals surface area contributed by atoms with Crippen molar-refractivity contribution in [2.45, 2.75) is 102 Å². The zero-order valence-electron chi connectivity index (χ0n) is 36.2. The minimum atomic E-state index is -1.30. The number of hydrogen-bond donors (Lipinski definition) is 6. The van der Waals surface area contributed by atoms with E-state index in [0.717, 1.165) is 22.6 Å². The summed E-state index contributed by atoms with van der Waals surface area (Å²) in [6, 6.07) is 4.93. The lowest BCUT2D eigenvalue weighted by Crippen LogP contribution is -2.55. The highest BCUT2D eigenvalue weighted by atomic mass is 16.3. The summed E-state index contributed by atoms with van der Waals surface area (Å²) in [5.74, 6) is -3.37. The number of benzene rings is 1. The lowest BCUT2D eigenvalue weighted by atomic mass is 9.92. The fraction of sp³-hybridized carbons (Fsp3) is 0.467. The third kappa shape index (κ3) is 11.2. The summed E-state index contributed by atoms with van der Waals surface area (Å²) in [5.41, 5.74) is 15.2. The molecular weight excluding hydrogens is 825 g/mol. The standard InChI is InChI=1S/C45H56N10O9/c1-3-15-53(18-19-56)42(62)29-20-28-8-9-31(23-34(28)51-36(46)22-29)45(13-14-45)44(64)50-32-21-30-26-54(17-12-33(30)48-25-32)43(63)35(24-37(47)57)52-41(61)27(2)49-38(58)7-5-4-6-16-55-39(59)10-11-40(55)60/h8-11,20-21,23,25,27,35,56H,3-7,12-19,22,24,26H2,1-2H3,(H2,46,51)(H2,47,57)(H,49,58)(H,50,64)(H,52,61)/t27-,35-/m0/s1. The third-order valence-corrected chi connectivity index (χ3v) is 11.7. The molecular formula is C45H56N10O9. The molecule has 340 valence electrons. The van der Waals surface area contributed by atoms with Crippen LogP contribution in [0.25, 0.3) is 6.08 Å². The number of unbranched alkanes of at least 4 members (excludes halogenated alkanes) is 2. The van der Waals surface area contributed by atoms with Crippen molar-refractivity contribution in [2.75, 3.05) is 38.1 Å². The van der Waals surface area contributed by atoms with Crippen molar-refractivity contribution >= 4 is 70.5 Å². The number of carbonyl (C=O) groups excluding carboxylic acids is 8. The Hall–Kier alpha value is -6.76. The fourth-order valence-electron chi connectivity index (χ4n) is 8.12. The normalized spacial score (nSPS) is 16.9. The predicted molar refractivity (Wildman–Crippen MR) is 235 cm³/mol. The highest BCUT2D eigenvalue weighted by Crippen LogP contribution is 2.50. The van der Waals surface area contributed by atoms with Crippen LogP contribution in [0.5, 0.6) is 0 Å². The molecule has 1 aliphatic carbocycles. The number of hydrogen-bond acceptors (Lipinski definition) is 12. The average Bonchev–Trinajstić information content (AvgIpc) is 4.04. The second-order valence-electron chi connectivity index (χ2n) is 16.6. The summed E-state index contributed by atoms with van der Waals surface area (Å²) >= 11 is 0. The molecule has 1 aromatic heterocycles. The maximum Gasteiger partial charge on any atom is 0.253 e. The van der Waals surface area contributed by atoms with E-state index in [2.05, 4.69) is 25.9 Å². The maximum atomic E-state index is 14.0. The molecule has 1 fully saturated rings. The minimum absolute atomic E-state index is 0.0858. The monoisotopic (exact) mass is 880 g/mol. The van der Waals surface area contributed by atoms with Gasteiger partial charge in [-0.3, -0.25) is 48.2 Å². The van der Waals surface area contributed by atoms with Crippen LogP contribution in [0, 0.1) is 0 Å². The SMILES string of the molecule is CCCN(CCO)C(=O)C1=Cc2ccc(C3(C(=O)Nc4cnc5c(c4)CN(C(=O)[C@H](CC(N)=O)NC(=O)[C@H](C)NC(=O)CCCCCN4C(=O)C=CC4=O)CC5)CC3)cc2N=C(N)C1. The Bertz CT molecular complexity index is 2280. The molecule has 64 heavy (non-hydrogen) atoms. The van der Waals surface area contributed by atoms with Gasteiger partial charge in [0.2, 0.25) is 35.4 Å². The molecule has 6 rings (SSSR count). The Labute approximate surface area is 370 Å². The Morgan fingerprint density at radius 3 is 2.44 bits per heavy atom. The number of imide groups is 1.